The summed E-state index contributed by atoms with van der Waals surface area (Å²) in [4.78, 5) is 0. The van der Waals surface area contributed by atoms with E-state index >= 15 is 0 Å². The summed E-state index contributed by atoms with van der Waals surface area (Å²) in [5.74, 6) is 1.46. The summed E-state index contributed by atoms with van der Waals surface area (Å²) in [5.41, 5.74) is -0.676. The van der Waals surface area contributed by atoms with Gasteiger partial charge in [-0.25, -0.2) is 0 Å². The number of ether oxygens (including phenoxy) is 2. The second kappa shape index (κ2) is 6.46. The molecule has 1 aromatic carbocycles. The van der Waals surface area contributed by atoms with Crippen LogP contribution in [0, 0.1) is 0 Å². The van der Waals surface area contributed by atoms with Crippen LogP contribution in [-0.4, -0.2) is 24.4 Å². The molecule has 2 rings (SSSR count). The van der Waals surface area contributed by atoms with Crippen molar-refractivity contribution in [1.82, 2.24) is 0 Å². The molecule has 0 spiro atoms. The van der Waals surface area contributed by atoms with Crippen molar-refractivity contribution in [3.8, 4) is 11.5 Å². The average Bonchev–Trinajstić information content (AvgIpc) is 2.40. The topological polar surface area (TPSA) is 38.7 Å². The molecule has 0 aromatic heterocycles. The summed E-state index contributed by atoms with van der Waals surface area (Å²) in [7, 11) is 1.62. The first kappa shape index (κ1) is 15.1. The predicted octanol–water partition coefficient (Wildman–Crippen LogP) is 4.29. The van der Waals surface area contributed by atoms with E-state index in [9.17, 15) is 5.11 Å². The largest absolute Gasteiger partial charge is 0.496 e. The fourth-order valence-electron chi connectivity index (χ4n) is 2.34. The molecule has 0 heterocycles. The molecule has 0 aliphatic heterocycles. The second-order valence-corrected chi connectivity index (χ2v) is 6.70. The van der Waals surface area contributed by atoms with Gasteiger partial charge in [0, 0.05) is 0 Å². The molecule has 1 N–H and O–H groups in total. The van der Waals surface area contributed by atoms with Gasteiger partial charge in [0.05, 0.1) is 21.7 Å². The van der Waals surface area contributed by atoms with Gasteiger partial charge >= 0.3 is 0 Å². The summed E-state index contributed by atoms with van der Waals surface area (Å²) >= 11 is 6.89. The van der Waals surface area contributed by atoms with Gasteiger partial charge in [-0.15, -0.1) is 0 Å². The van der Waals surface area contributed by atoms with Crippen molar-refractivity contribution in [3.63, 3.8) is 0 Å². The molecule has 106 valence electrons. The van der Waals surface area contributed by atoms with Crippen LogP contribution in [0.15, 0.2) is 21.1 Å². The Labute approximate surface area is 130 Å². The number of rotatable bonds is 4. The van der Waals surface area contributed by atoms with Crippen molar-refractivity contribution < 1.29 is 14.6 Å². The van der Waals surface area contributed by atoms with Crippen LogP contribution in [0.25, 0.3) is 0 Å². The quantitative estimate of drug-likeness (QED) is 0.828. The number of benzene rings is 1. The minimum absolute atomic E-state index is 0.338. The van der Waals surface area contributed by atoms with E-state index in [0.29, 0.717) is 12.4 Å². The first-order valence-electron chi connectivity index (χ1n) is 6.42. The first-order chi connectivity index (χ1) is 9.04. The Balaban J connectivity index is 2.05. The number of halogens is 2. The predicted molar refractivity (Wildman–Crippen MR) is 81.9 cm³/mol. The molecular formula is C14H18Br2O3. The number of aliphatic hydroxyl groups is 1. The number of hydrogen-bond donors (Lipinski definition) is 1. The maximum Gasteiger partial charge on any atom is 0.135 e. The molecule has 19 heavy (non-hydrogen) atoms. The highest BCUT2D eigenvalue weighted by Gasteiger charge is 2.30. The molecule has 0 amide bonds. The van der Waals surface area contributed by atoms with Gasteiger partial charge in [-0.05, 0) is 56.8 Å². The minimum Gasteiger partial charge on any atom is -0.496 e. The second-order valence-electron chi connectivity index (χ2n) is 4.99. The number of methoxy groups -OCH3 is 1. The lowest BCUT2D eigenvalue weighted by Gasteiger charge is -2.31. The van der Waals surface area contributed by atoms with Crippen molar-refractivity contribution in [2.45, 2.75) is 37.7 Å². The third-order valence-electron chi connectivity index (χ3n) is 3.49. The van der Waals surface area contributed by atoms with Gasteiger partial charge in [-0.2, -0.15) is 0 Å². The Morgan fingerprint density at radius 1 is 1.11 bits per heavy atom. The number of hydrogen-bond acceptors (Lipinski definition) is 3. The standard InChI is InChI=1S/C14H18Br2O3/c1-18-12-7-11(16)13(8-10(12)15)19-9-14(17)5-3-2-4-6-14/h7-8,17H,2-6,9H2,1H3. The summed E-state index contributed by atoms with van der Waals surface area (Å²) in [6.45, 7) is 0.338. The van der Waals surface area contributed by atoms with E-state index < -0.39 is 5.60 Å². The molecule has 0 radical (unpaired) electrons. The molecule has 1 fully saturated rings. The van der Waals surface area contributed by atoms with Crippen LogP contribution < -0.4 is 9.47 Å². The maximum atomic E-state index is 10.4. The van der Waals surface area contributed by atoms with Gasteiger partial charge < -0.3 is 14.6 Å². The first-order valence-corrected chi connectivity index (χ1v) is 8.01. The molecule has 1 saturated carbocycles. The van der Waals surface area contributed by atoms with Gasteiger partial charge in [0.25, 0.3) is 0 Å². The molecule has 5 heteroatoms. The van der Waals surface area contributed by atoms with Gasteiger partial charge in [-0.3, -0.25) is 0 Å². The summed E-state index contributed by atoms with van der Waals surface area (Å²) < 4.78 is 12.7. The highest BCUT2D eigenvalue weighted by molar-refractivity contribution is 9.11. The Morgan fingerprint density at radius 3 is 2.32 bits per heavy atom. The van der Waals surface area contributed by atoms with Crippen LogP contribution in [0.1, 0.15) is 32.1 Å². The Morgan fingerprint density at radius 2 is 1.68 bits per heavy atom. The van der Waals surface area contributed by atoms with E-state index in [1.807, 2.05) is 12.1 Å². The zero-order valence-corrected chi connectivity index (χ0v) is 14.1. The Bertz CT molecular complexity index is 443. The van der Waals surface area contributed by atoms with Crippen molar-refractivity contribution in [3.05, 3.63) is 21.1 Å². The van der Waals surface area contributed by atoms with Gasteiger partial charge in [-0.1, -0.05) is 19.3 Å². The van der Waals surface area contributed by atoms with Crippen LogP contribution in [0.2, 0.25) is 0 Å². The van der Waals surface area contributed by atoms with Crippen molar-refractivity contribution in [2.75, 3.05) is 13.7 Å². The van der Waals surface area contributed by atoms with Crippen LogP contribution in [0.5, 0.6) is 11.5 Å². The van der Waals surface area contributed by atoms with Gasteiger partial charge in [0.1, 0.15) is 18.1 Å². The lowest BCUT2D eigenvalue weighted by atomic mass is 9.85. The van der Waals surface area contributed by atoms with Crippen molar-refractivity contribution in [2.24, 2.45) is 0 Å². The SMILES string of the molecule is COc1cc(Br)c(OCC2(O)CCCCC2)cc1Br. The minimum atomic E-state index is -0.676. The fourth-order valence-corrected chi connectivity index (χ4v) is 3.26. The average molecular weight is 394 g/mol. The molecule has 0 atom stereocenters. The maximum absolute atomic E-state index is 10.4. The summed E-state index contributed by atoms with van der Waals surface area (Å²) in [6.07, 6.45) is 5.00. The van der Waals surface area contributed by atoms with Crippen molar-refractivity contribution >= 4 is 31.9 Å². The smallest absolute Gasteiger partial charge is 0.135 e. The molecule has 1 aromatic rings. The van der Waals surface area contributed by atoms with Crippen LogP contribution in [-0.2, 0) is 0 Å². The van der Waals surface area contributed by atoms with Gasteiger partial charge in [0.15, 0.2) is 0 Å². The Kier molecular flexibility index (Phi) is 5.15. The fraction of sp³-hybridized carbons (Fsp3) is 0.571. The summed E-state index contributed by atoms with van der Waals surface area (Å²) in [5, 5.41) is 10.4. The molecule has 1 aliphatic rings. The zero-order chi connectivity index (χ0) is 13.9. The molecular weight excluding hydrogens is 376 g/mol. The van der Waals surface area contributed by atoms with Crippen LogP contribution in [0.4, 0.5) is 0 Å². The van der Waals surface area contributed by atoms with Gasteiger partial charge in [0.2, 0.25) is 0 Å². The van der Waals surface area contributed by atoms with E-state index in [2.05, 4.69) is 31.9 Å². The lowest BCUT2D eigenvalue weighted by Crippen LogP contribution is -2.37. The van der Waals surface area contributed by atoms with Crippen molar-refractivity contribution in [1.29, 1.82) is 0 Å². The molecule has 0 unspecified atom stereocenters. The zero-order valence-electron chi connectivity index (χ0n) is 10.9. The van der Waals surface area contributed by atoms with Crippen LogP contribution >= 0.6 is 31.9 Å². The molecule has 0 saturated heterocycles. The molecule has 0 bridgehead atoms. The van der Waals surface area contributed by atoms with E-state index in [-0.39, 0.29) is 0 Å². The van der Waals surface area contributed by atoms with E-state index in [1.54, 1.807) is 7.11 Å². The van der Waals surface area contributed by atoms with E-state index in [1.165, 1.54) is 6.42 Å². The lowest BCUT2D eigenvalue weighted by molar-refractivity contribution is -0.0340. The highest BCUT2D eigenvalue weighted by Crippen LogP contribution is 2.37. The Hall–Kier alpha value is -0.260. The normalized spacial score (nSPS) is 18.1. The third-order valence-corrected chi connectivity index (χ3v) is 4.73. The monoisotopic (exact) mass is 392 g/mol. The van der Waals surface area contributed by atoms with E-state index in [4.69, 9.17) is 9.47 Å². The highest BCUT2D eigenvalue weighted by atomic mass is 79.9. The molecule has 3 nitrogen and oxygen atoms in total. The van der Waals surface area contributed by atoms with Crippen LogP contribution in [0.3, 0.4) is 0 Å². The third kappa shape index (κ3) is 3.86. The molecule has 1 aliphatic carbocycles. The van der Waals surface area contributed by atoms with E-state index in [0.717, 1.165) is 40.4 Å². The summed E-state index contributed by atoms with van der Waals surface area (Å²) in [6, 6.07) is 3.71.